The number of carbonyl (C=O) groups is 2. The average molecular weight is 632 g/mol. The first-order valence-corrected chi connectivity index (χ1v) is 15.6. The van der Waals surface area contributed by atoms with Crippen molar-refractivity contribution in [2.45, 2.75) is 23.9 Å². The molecular formula is C34H37N3O7S. The van der Waals surface area contributed by atoms with E-state index in [1.807, 2.05) is 36.4 Å². The van der Waals surface area contributed by atoms with E-state index in [-0.39, 0.29) is 29.3 Å². The summed E-state index contributed by atoms with van der Waals surface area (Å²) in [7, 11) is 1.65. The second-order valence-corrected chi connectivity index (χ2v) is 11.9. The van der Waals surface area contributed by atoms with Gasteiger partial charge in [0.15, 0.2) is 0 Å². The van der Waals surface area contributed by atoms with Gasteiger partial charge in [0.1, 0.15) is 29.8 Å². The van der Waals surface area contributed by atoms with Crippen LogP contribution in [0.25, 0.3) is 0 Å². The van der Waals surface area contributed by atoms with E-state index in [0.29, 0.717) is 17.1 Å². The van der Waals surface area contributed by atoms with Gasteiger partial charge in [0.2, 0.25) is 11.8 Å². The van der Waals surface area contributed by atoms with E-state index in [1.165, 1.54) is 50.4 Å². The molecule has 10 nitrogen and oxygen atoms in total. The van der Waals surface area contributed by atoms with Gasteiger partial charge in [-0.05, 0) is 59.7 Å². The Bertz CT molecular complexity index is 1700. The molecule has 0 aliphatic rings. The Labute approximate surface area is 264 Å². The zero-order valence-corrected chi connectivity index (χ0v) is 26.5. The summed E-state index contributed by atoms with van der Waals surface area (Å²) in [6, 6.07) is 28.0. The number of benzene rings is 4. The molecule has 1 atom stereocenters. The number of amides is 2. The van der Waals surface area contributed by atoms with Gasteiger partial charge >= 0.3 is 0 Å². The minimum atomic E-state index is -4.30. The maximum atomic E-state index is 14.5. The number of carbonyl (C=O) groups excluding carboxylic acids is 2. The van der Waals surface area contributed by atoms with Gasteiger partial charge in [-0.3, -0.25) is 13.9 Å². The topological polar surface area (TPSA) is 114 Å². The fourth-order valence-electron chi connectivity index (χ4n) is 4.91. The smallest absolute Gasteiger partial charge is 0.264 e. The molecule has 0 bridgehead atoms. The highest BCUT2D eigenvalue weighted by Crippen LogP contribution is 2.33. The number of ether oxygens (including phenoxy) is 3. The molecule has 2 amide bonds. The van der Waals surface area contributed by atoms with Gasteiger partial charge < -0.3 is 24.4 Å². The van der Waals surface area contributed by atoms with Crippen LogP contribution in [-0.4, -0.2) is 66.1 Å². The summed E-state index contributed by atoms with van der Waals surface area (Å²) in [5, 5.41) is 2.68. The number of para-hydroxylation sites is 2. The average Bonchev–Trinajstić information content (AvgIpc) is 3.08. The summed E-state index contributed by atoms with van der Waals surface area (Å²) in [4.78, 5) is 29.2. The fraction of sp³-hybridized carbons (Fsp3) is 0.235. The third-order valence-electron chi connectivity index (χ3n) is 7.28. The third-order valence-corrected chi connectivity index (χ3v) is 9.06. The monoisotopic (exact) mass is 631 g/mol. The predicted molar refractivity (Wildman–Crippen MR) is 172 cm³/mol. The van der Waals surface area contributed by atoms with E-state index in [1.54, 1.807) is 49.6 Å². The first-order chi connectivity index (χ1) is 21.7. The summed E-state index contributed by atoms with van der Waals surface area (Å²) in [6.45, 7) is -0.593. The van der Waals surface area contributed by atoms with Crippen molar-refractivity contribution in [3.8, 4) is 17.2 Å². The highest BCUT2D eigenvalue weighted by molar-refractivity contribution is 7.92. The van der Waals surface area contributed by atoms with Crippen molar-refractivity contribution in [2.24, 2.45) is 0 Å². The Balaban J connectivity index is 1.82. The number of likely N-dealkylation sites (N-methyl/N-ethyl adjacent to an activating group) is 1. The first-order valence-electron chi connectivity index (χ1n) is 14.2. The summed E-state index contributed by atoms with van der Waals surface area (Å²) in [5.74, 6) is 0.334. The van der Waals surface area contributed by atoms with E-state index in [0.717, 1.165) is 9.87 Å². The molecule has 4 aromatic rings. The van der Waals surface area contributed by atoms with Crippen molar-refractivity contribution in [3.63, 3.8) is 0 Å². The van der Waals surface area contributed by atoms with E-state index in [9.17, 15) is 18.0 Å². The van der Waals surface area contributed by atoms with Crippen molar-refractivity contribution in [3.05, 3.63) is 114 Å². The van der Waals surface area contributed by atoms with E-state index >= 15 is 0 Å². The number of anilines is 1. The summed E-state index contributed by atoms with van der Waals surface area (Å²) >= 11 is 0. The van der Waals surface area contributed by atoms with Crippen molar-refractivity contribution in [1.82, 2.24) is 10.2 Å². The van der Waals surface area contributed by atoms with E-state index < -0.39 is 34.4 Å². The highest BCUT2D eigenvalue weighted by atomic mass is 32.2. The number of nitrogens with zero attached hydrogens (tertiary/aromatic N) is 2. The maximum Gasteiger partial charge on any atom is 0.264 e. The molecule has 0 saturated carbocycles. The Morgan fingerprint density at radius 1 is 0.756 bits per heavy atom. The van der Waals surface area contributed by atoms with Crippen LogP contribution >= 0.6 is 0 Å². The van der Waals surface area contributed by atoms with Gasteiger partial charge in [0.05, 0.1) is 31.9 Å². The highest BCUT2D eigenvalue weighted by Gasteiger charge is 2.35. The van der Waals surface area contributed by atoms with Crippen molar-refractivity contribution in [1.29, 1.82) is 0 Å². The minimum Gasteiger partial charge on any atom is -0.497 e. The van der Waals surface area contributed by atoms with Crippen LogP contribution in [0.2, 0.25) is 0 Å². The van der Waals surface area contributed by atoms with E-state index in [4.69, 9.17) is 14.2 Å². The van der Waals surface area contributed by atoms with Gasteiger partial charge in [-0.15, -0.1) is 0 Å². The lowest BCUT2D eigenvalue weighted by atomic mass is 10.0. The summed E-state index contributed by atoms with van der Waals surface area (Å²) in [6.07, 6.45) is 0.204. The Kier molecular flexibility index (Phi) is 11.0. The Morgan fingerprint density at radius 3 is 2.04 bits per heavy atom. The molecule has 0 fully saturated rings. The molecule has 236 valence electrons. The molecule has 0 saturated heterocycles. The van der Waals surface area contributed by atoms with Crippen LogP contribution < -0.4 is 23.8 Å². The number of hydrogen-bond acceptors (Lipinski definition) is 7. The molecule has 1 N–H and O–H groups in total. The van der Waals surface area contributed by atoms with Crippen molar-refractivity contribution < 1.29 is 32.2 Å². The standard InChI is InChI=1S/C34H37N3O7S/c1-35-34(39)31(22-25-11-6-5-7-12-25)36(23-26-13-10-14-28(21-26)43-3)33(38)24-37(30-15-8-9-16-32(30)44-4)45(40,41)29-19-17-27(42-2)18-20-29/h5-21,31H,22-24H2,1-4H3,(H,35,39). The third kappa shape index (κ3) is 7.93. The molecule has 0 aliphatic heterocycles. The number of methoxy groups -OCH3 is 3. The molecule has 0 heterocycles. The number of sulfonamides is 1. The van der Waals surface area contributed by atoms with Crippen LogP contribution in [0, 0.1) is 0 Å². The molecule has 0 radical (unpaired) electrons. The SMILES string of the molecule is CNC(=O)C(Cc1ccccc1)N(Cc1cccc(OC)c1)C(=O)CN(c1ccccc1OC)S(=O)(=O)c1ccc(OC)cc1. The quantitative estimate of drug-likeness (QED) is 0.221. The zero-order valence-electron chi connectivity index (χ0n) is 25.7. The number of hydrogen-bond donors (Lipinski definition) is 1. The van der Waals surface area contributed by atoms with Gasteiger partial charge in [0.25, 0.3) is 10.0 Å². The summed E-state index contributed by atoms with van der Waals surface area (Å²) in [5.41, 5.74) is 1.71. The second-order valence-electron chi connectivity index (χ2n) is 10.1. The van der Waals surface area contributed by atoms with Crippen LogP contribution in [0.3, 0.4) is 0 Å². The van der Waals surface area contributed by atoms with Crippen LogP contribution in [-0.2, 0) is 32.6 Å². The van der Waals surface area contributed by atoms with Crippen molar-refractivity contribution in [2.75, 3.05) is 39.2 Å². The van der Waals surface area contributed by atoms with Crippen LogP contribution in [0.5, 0.6) is 17.2 Å². The lowest BCUT2D eigenvalue weighted by Gasteiger charge is -2.34. The van der Waals surface area contributed by atoms with Gasteiger partial charge in [-0.2, -0.15) is 0 Å². The van der Waals surface area contributed by atoms with E-state index in [2.05, 4.69) is 5.32 Å². The molecule has 45 heavy (non-hydrogen) atoms. The first kappa shape index (κ1) is 32.9. The van der Waals surface area contributed by atoms with Gasteiger partial charge in [-0.25, -0.2) is 8.42 Å². The summed E-state index contributed by atoms with van der Waals surface area (Å²) < 4.78 is 45.5. The fourth-order valence-corrected chi connectivity index (χ4v) is 6.34. The van der Waals surface area contributed by atoms with Crippen LogP contribution in [0.15, 0.2) is 108 Å². The number of nitrogens with one attached hydrogen (secondary N) is 1. The van der Waals surface area contributed by atoms with Crippen LogP contribution in [0.4, 0.5) is 5.69 Å². The predicted octanol–water partition coefficient (Wildman–Crippen LogP) is 4.29. The number of rotatable bonds is 14. The molecular weight excluding hydrogens is 594 g/mol. The molecule has 0 aliphatic carbocycles. The van der Waals surface area contributed by atoms with Gasteiger partial charge in [-0.1, -0.05) is 54.6 Å². The van der Waals surface area contributed by atoms with Crippen LogP contribution in [0.1, 0.15) is 11.1 Å². The molecule has 4 aromatic carbocycles. The maximum absolute atomic E-state index is 14.5. The molecule has 4 rings (SSSR count). The molecule has 1 unspecified atom stereocenters. The zero-order chi connectivity index (χ0) is 32.4. The normalized spacial score (nSPS) is 11.6. The van der Waals surface area contributed by atoms with Crippen molar-refractivity contribution >= 4 is 27.5 Å². The second kappa shape index (κ2) is 15.1. The Morgan fingerprint density at radius 2 is 1.40 bits per heavy atom. The molecule has 0 aromatic heterocycles. The largest absolute Gasteiger partial charge is 0.497 e. The lowest BCUT2D eigenvalue weighted by Crippen LogP contribution is -2.53. The lowest BCUT2D eigenvalue weighted by molar-refractivity contribution is -0.139. The Hall–Kier alpha value is -5.03. The molecule has 11 heteroatoms. The molecule has 0 spiro atoms. The van der Waals surface area contributed by atoms with Gasteiger partial charge in [0, 0.05) is 20.0 Å². The minimum absolute atomic E-state index is 0.0172.